The van der Waals surface area contributed by atoms with Gasteiger partial charge in [-0.05, 0) is 23.6 Å². The van der Waals surface area contributed by atoms with Gasteiger partial charge in [0.15, 0.2) is 5.13 Å². The van der Waals surface area contributed by atoms with Crippen molar-refractivity contribution in [1.29, 1.82) is 0 Å². The average molecular weight is 382 g/mol. The van der Waals surface area contributed by atoms with Crippen molar-refractivity contribution in [3.63, 3.8) is 0 Å². The van der Waals surface area contributed by atoms with Crippen LogP contribution in [0.25, 0.3) is 21.5 Å². The minimum absolute atomic E-state index is 0.120. The van der Waals surface area contributed by atoms with E-state index < -0.39 is 0 Å². The van der Waals surface area contributed by atoms with Gasteiger partial charge in [0.2, 0.25) is 11.3 Å². The molecule has 0 atom stereocenters. The van der Waals surface area contributed by atoms with Crippen LogP contribution in [0, 0.1) is 0 Å². The lowest BCUT2D eigenvalue weighted by atomic mass is 10.2. The van der Waals surface area contributed by atoms with Gasteiger partial charge >= 0.3 is 0 Å². The molecule has 130 valence electrons. The standard InChI is InChI=1S/C18H14N4O2S2/c23-15-10-19-22(14-5-2-1-4-12(14)15)8-7-17(24)21-18-20-13(11-26-18)16-6-3-9-25-16/h1-6,9-11H,7-8H2,(H,20,21,24). The molecule has 0 radical (unpaired) electrons. The average Bonchev–Trinajstić information content (AvgIpc) is 3.33. The van der Waals surface area contributed by atoms with Gasteiger partial charge in [-0.3, -0.25) is 14.3 Å². The molecular weight excluding hydrogens is 368 g/mol. The van der Waals surface area contributed by atoms with Crippen molar-refractivity contribution in [2.24, 2.45) is 0 Å². The molecule has 3 heterocycles. The molecule has 0 bridgehead atoms. The number of benzene rings is 1. The largest absolute Gasteiger partial charge is 0.302 e. The van der Waals surface area contributed by atoms with Crippen molar-refractivity contribution in [3.05, 3.63) is 63.6 Å². The quantitative estimate of drug-likeness (QED) is 0.572. The van der Waals surface area contributed by atoms with E-state index in [-0.39, 0.29) is 17.8 Å². The van der Waals surface area contributed by atoms with Gasteiger partial charge in [0.05, 0.1) is 28.8 Å². The van der Waals surface area contributed by atoms with Gasteiger partial charge in [0.1, 0.15) is 0 Å². The van der Waals surface area contributed by atoms with Crippen LogP contribution in [-0.2, 0) is 11.3 Å². The molecule has 0 saturated carbocycles. The number of hydrogen-bond donors (Lipinski definition) is 1. The molecule has 1 N–H and O–H groups in total. The van der Waals surface area contributed by atoms with E-state index in [0.717, 1.165) is 16.1 Å². The number of hydrogen-bond acceptors (Lipinski definition) is 6. The van der Waals surface area contributed by atoms with Crippen LogP contribution < -0.4 is 10.7 Å². The molecule has 26 heavy (non-hydrogen) atoms. The number of aromatic nitrogens is 3. The fourth-order valence-electron chi connectivity index (χ4n) is 2.60. The Morgan fingerprint density at radius 1 is 1.15 bits per heavy atom. The summed E-state index contributed by atoms with van der Waals surface area (Å²) >= 11 is 3.01. The highest BCUT2D eigenvalue weighted by Gasteiger charge is 2.10. The van der Waals surface area contributed by atoms with Gasteiger partial charge in [0, 0.05) is 17.2 Å². The second-order valence-electron chi connectivity index (χ2n) is 5.56. The number of nitrogens with one attached hydrogen (secondary N) is 1. The van der Waals surface area contributed by atoms with E-state index in [1.165, 1.54) is 17.5 Å². The van der Waals surface area contributed by atoms with Gasteiger partial charge in [-0.25, -0.2) is 4.98 Å². The van der Waals surface area contributed by atoms with Gasteiger partial charge in [0.25, 0.3) is 0 Å². The number of nitrogens with zero attached hydrogens (tertiary/aromatic N) is 3. The first-order chi connectivity index (χ1) is 12.7. The second-order valence-corrected chi connectivity index (χ2v) is 7.37. The molecule has 0 aliphatic carbocycles. The SMILES string of the molecule is O=C(CCn1ncc(=O)c2ccccc21)Nc1nc(-c2cccs2)cs1. The van der Waals surface area contributed by atoms with E-state index in [4.69, 9.17) is 0 Å². The zero-order valence-corrected chi connectivity index (χ0v) is 15.2. The van der Waals surface area contributed by atoms with Crippen LogP contribution in [0.4, 0.5) is 5.13 Å². The summed E-state index contributed by atoms with van der Waals surface area (Å²) in [6, 6.07) is 11.2. The number of carbonyl (C=O) groups is 1. The maximum atomic E-state index is 12.2. The summed E-state index contributed by atoms with van der Waals surface area (Å²) in [6.45, 7) is 0.385. The van der Waals surface area contributed by atoms with Crippen LogP contribution in [0.3, 0.4) is 0 Å². The monoisotopic (exact) mass is 382 g/mol. The van der Waals surface area contributed by atoms with Crippen molar-refractivity contribution in [2.45, 2.75) is 13.0 Å². The summed E-state index contributed by atoms with van der Waals surface area (Å²) in [5, 5.41) is 12.1. The third-order valence-corrected chi connectivity index (χ3v) is 5.49. The third-order valence-electron chi connectivity index (χ3n) is 3.84. The molecule has 4 aromatic rings. The van der Waals surface area contributed by atoms with E-state index >= 15 is 0 Å². The Morgan fingerprint density at radius 2 is 2.04 bits per heavy atom. The summed E-state index contributed by atoms with van der Waals surface area (Å²) in [4.78, 5) is 29.6. The van der Waals surface area contributed by atoms with Gasteiger partial charge in [-0.2, -0.15) is 5.10 Å². The lowest BCUT2D eigenvalue weighted by Gasteiger charge is -2.08. The predicted octanol–water partition coefficient (Wildman–Crippen LogP) is 3.61. The second kappa shape index (κ2) is 7.19. The minimum atomic E-state index is -0.137. The molecule has 8 heteroatoms. The number of amides is 1. The highest BCUT2D eigenvalue weighted by atomic mass is 32.1. The summed E-state index contributed by atoms with van der Waals surface area (Å²) in [6.07, 6.45) is 1.53. The Hall–Kier alpha value is -2.84. The Morgan fingerprint density at radius 3 is 2.88 bits per heavy atom. The van der Waals surface area contributed by atoms with Gasteiger partial charge in [-0.15, -0.1) is 22.7 Å². The summed E-state index contributed by atoms with van der Waals surface area (Å²) in [7, 11) is 0. The maximum Gasteiger partial charge on any atom is 0.228 e. The van der Waals surface area contributed by atoms with Crippen LogP contribution >= 0.6 is 22.7 Å². The molecule has 0 fully saturated rings. The molecule has 0 aliphatic heterocycles. The maximum absolute atomic E-state index is 12.2. The molecule has 1 aromatic carbocycles. The first kappa shape index (κ1) is 16.6. The number of fused-ring (bicyclic) bond motifs is 1. The molecule has 3 aromatic heterocycles. The molecular formula is C18H14N4O2S2. The van der Waals surface area contributed by atoms with Crippen LogP contribution in [0.1, 0.15) is 6.42 Å². The van der Waals surface area contributed by atoms with Crippen molar-refractivity contribution >= 4 is 44.6 Å². The lowest BCUT2D eigenvalue weighted by molar-refractivity contribution is -0.116. The first-order valence-corrected chi connectivity index (χ1v) is 9.71. The fraction of sp³-hybridized carbons (Fsp3) is 0.111. The van der Waals surface area contributed by atoms with Crippen LogP contribution in [0.5, 0.6) is 0 Å². The first-order valence-electron chi connectivity index (χ1n) is 7.95. The number of anilines is 1. The van der Waals surface area contributed by atoms with Crippen LogP contribution in [0.2, 0.25) is 0 Å². The number of thiophene rings is 1. The summed E-state index contributed by atoms with van der Waals surface area (Å²) in [5.41, 5.74) is 1.47. The van der Waals surface area contributed by atoms with Gasteiger partial charge in [-0.1, -0.05) is 18.2 Å². The minimum Gasteiger partial charge on any atom is -0.302 e. The van der Waals surface area contributed by atoms with Crippen molar-refractivity contribution in [3.8, 4) is 10.6 Å². The lowest BCUT2D eigenvalue weighted by Crippen LogP contribution is -2.17. The van der Waals surface area contributed by atoms with Crippen LogP contribution in [-0.4, -0.2) is 20.7 Å². The molecule has 0 saturated heterocycles. The Kier molecular flexibility index (Phi) is 4.59. The topological polar surface area (TPSA) is 76.9 Å². The van der Waals surface area contributed by atoms with E-state index in [1.54, 1.807) is 22.1 Å². The van der Waals surface area contributed by atoms with E-state index in [9.17, 15) is 9.59 Å². The molecule has 6 nitrogen and oxygen atoms in total. The number of rotatable bonds is 5. The van der Waals surface area contributed by atoms with Gasteiger partial charge < -0.3 is 5.32 Å². The Balaban J connectivity index is 1.43. The Bertz CT molecular complexity index is 1120. The van der Waals surface area contributed by atoms with E-state index in [0.29, 0.717) is 17.1 Å². The summed E-state index contributed by atoms with van der Waals surface area (Å²) < 4.78 is 1.68. The highest BCUT2D eigenvalue weighted by molar-refractivity contribution is 7.16. The van der Waals surface area contributed by atoms with Crippen molar-refractivity contribution in [1.82, 2.24) is 14.8 Å². The highest BCUT2D eigenvalue weighted by Crippen LogP contribution is 2.28. The fourth-order valence-corrected chi connectivity index (χ4v) is 4.08. The zero-order valence-electron chi connectivity index (χ0n) is 13.6. The zero-order chi connectivity index (χ0) is 17.9. The predicted molar refractivity (Wildman–Crippen MR) is 105 cm³/mol. The van der Waals surface area contributed by atoms with Crippen LogP contribution in [0.15, 0.2) is 58.1 Å². The number of aryl methyl sites for hydroxylation is 1. The smallest absolute Gasteiger partial charge is 0.228 e. The normalized spacial score (nSPS) is 10.9. The number of para-hydroxylation sites is 1. The molecule has 1 amide bonds. The van der Waals surface area contributed by atoms with E-state index in [2.05, 4.69) is 15.4 Å². The molecule has 4 rings (SSSR count). The summed E-state index contributed by atoms with van der Waals surface area (Å²) in [5.74, 6) is -0.137. The van der Waals surface area contributed by atoms with Crippen molar-refractivity contribution < 1.29 is 4.79 Å². The van der Waals surface area contributed by atoms with Crippen molar-refractivity contribution in [2.75, 3.05) is 5.32 Å². The van der Waals surface area contributed by atoms with E-state index in [1.807, 2.05) is 41.1 Å². The Labute approximate surface area is 156 Å². The molecule has 0 spiro atoms. The number of thiazole rings is 1. The number of carbonyl (C=O) groups excluding carboxylic acids is 1. The molecule has 0 unspecified atom stereocenters. The molecule has 0 aliphatic rings. The third kappa shape index (κ3) is 3.42.